The number of carboxylic acid groups (broad SMARTS) is 1. The summed E-state index contributed by atoms with van der Waals surface area (Å²) in [5.41, 5.74) is -0.960. The van der Waals surface area contributed by atoms with Crippen LogP contribution in [0.1, 0.15) is 6.42 Å². The lowest BCUT2D eigenvalue weighted by Crippen LogP contribution is -2.36. The molecule has 56 valence electrons. The Morgan fingerprint density at radius 3 is 3.00 bits per heavy atom. The van der Waals surface area contributed by atoms with E-state index in [0.717, 1.165) is 0 Å². The highest BCUT2D eigenvalue weighted by molar-refractivity contribution is 5.81. The molecule has 0 aliphatic carbocycles. The van der Waals surface area contributed by atoms with E-state index in [-0.39, 0.29) is 12.7 Å². The van der Waals surface area contributed by atoms with Gasteiger partial charge in [-0.1, -0.05) is 0 Å². The number of carboxylic acids is 1. The molecule has 2 saturated heterocycles. The maximum Gasteiger partial charge on any atom is 0.341 e. The van der Waals surface area contributed by atoms with Gasteiger partial charge in [-0.3, -0.25) is 0 Å². The molecule has 4 heteroatoms. The molecule has 0 aromatic rings. The van der Waals surface area contributed by atoms with Crippen LogP contribution in [0.2, 0.25) is 0 Å². The Kier molecular flexibility index (Phi) is 1.04. The molecule has 0 aromatic heterocycles. The van der Waals surface area contributed by atoms with E-state index in [2.05, 4.69) is 0 Å². The first-order valence-corrected chi connectivity index (χ1v) is 3.25. The van der Waals surface area contributed by atoms with Gasteiger partial charge in [-0.2, -0.15) is 0 Å². The molecule has 2 heterocycles. The summed E-state index contributed by atoms with van der Waals surface area (Å²) in [6.45, 7) is 0.840. The van der Waals surface area contributed by atoms with Crippen LogP contribution in [-0.2, 0) is 14.3 Å². The number of epoxide rings is 1. The Morgan fingerprint density at radius 2 is 2.50 bits per heavy atom. The summed E-state index contributed by atoms with van der Waals surface area (Å²) in [4.78, 5) is 10.5. The quantitative estimate of drug-likeness (QED) is 0.510. The smallest absolute Gasteiger partial charge is 0.341 e. The van der Waals surface area contributed by atoms with Crippen LogP contribution in [0.15, 0.2) is 0 Å². The van der Waals surface area contributed by atoms with Gasteiger partial charge in [-0.05, 0) is 0 Å². The summed E-state index contributed by atoms with van der Waals surface area (Å²) in [5, 5.41) is 8.63. The van der Waals surface area contributed by atoms with Gasteiger partial charge in [0.25, 0.3) is 0 Å². The molecule has 0 saturated carbocycles. The van der Waals surface area contributed by atoms with Crippen molar-refractivity contribution in [1.29, 1.82) is 0 Å². The normalized spacial score (nSPS) is 44.2. The first-order chi connectivity index (χ1) is 4.76. The van der Waals surface area contributed by atoms with Crippen LogP contribution in [0.5, 0.6) is 0 Å². The van der Waals surface area contributed by atoms with E-state index >= 15 is 0 Å². The fourth-order valence-electron chi connectivity index (χ4n) is 1.30. The fraction of sp³-hybridized carbons (Fsp3) is 0.833. The lowest BCUT2D eigenvalue weighted by atomic mass is 10.0. The van der Waals surface area contributed by atoms with Gasteiger partial charge in [0.1, 0.15) is 6.10 Å². The second-order valence-electron chi connectivity index (χ2n) is 2.64. The largest absolute Gasteiger partial charge is 0.479 e. The second kappa shape index (κ2) is 1.71. The number of fused-ring (bicyclic) bond motifs is 1. The van der Waals surface area contributed by atoms with Crippen molar-refractivity contribution in [1.82, 2.24) is 0 Å². The molecule has 1 N–H and O–H groups in total. The Morgan fingerprint density at radius 1 is 1.70 bits per heavy atom. The minimum atomic E-state index is -0.960. The van der Waals surface area contributed by atoms with Crippen LogP contribution in [0.25, 0.3) is 0 Å². The van der Waals surface area contributed by atoms with Crippen LogP contribution in [-0.4, -0.2) is 36.0 Å². The van der Waals surface area contributed by atoms with E-state index < -0.39 is 11.6 Å². The molecule has 2 atom stereocenters. The number of hydrogen-bond donors (Lipinski definition) is 1. The average Bonchev–Trinajstić information content (AvgIpc) is 2.61. The second-order valence-corrected chi connectivity index (χ2v) is 2.64. The summed E-state index contributed by atoms with van der Waals surface area (Å²) in [5.74, 6) is -0.891. The number of carbonyl (C=O) groups is 1. The van der Waals surface area contributed by atoms with Crippen molar-refractivity contribution in [3.63, 3.8) is 0 Å². The predicted octanol–water partition coefficient (Wildman–Crippen LogP) is -0.371. The Balaban J connectivity index is 2.12. The van der Waals surface area contributed by atoms with Crippen molar-refractivity contribution in [2.75, 3.05) is 13.2 Å². The van der Waals surface area contributed by atoms with Crippen molar-refractivity contribution < 1.29 is 19.4 Å². The molecule has 0 spiro atoms. The third kappa shape index (κ3) is 0.602. The summed E-state index contributed by atoms with van der Waals surface area (Å²) in [6.07, 6.45) is 0.630. The Bertz CT molecular complexity index is 179. The van der Waals surface area contributed by atoms with E-state index in [1.807, 2.05) is 0 Å². The van der Waals surface area contributed by atoms with E-state index in [4.69, 9.17) is 14.6 Å². The van der Waals surface area contributed by atoms with E-state index in [9.17, 15) is 4.79 Å². The predicted molar refractivity (Wildman–Crippen MR) is 30.7 cm³/mol. The minimum Gasteiger partial charge on any atom is -0.479 e. The molecule has 2 fully saturated rings. The summed E-state index contributed by atoms with van der Waals surface area (Å²) < 4.78 is 9.98. The van der Waals surface area contributed by atoms with Crippen molar-refractivity contribution >= 4 is 5.97 Å². The molecule has 0 bridgehead atoms. The van der Waals surface area contributed by atoms with Crippen LogP contribution < -0.4 is 0 Å². The molecule has 0 amide bonds. The molecule has 2 aliphatic rings. The number of aliphatic carboxylic acids is 1. The van der Waals surface area contributed by atoms with Crippen molar-refractivity contribution in [3.8, 4) is 0 Å². The maximum absolute atomic E-state index is 10.5. The summed E-state index contributed by atoms with van der Waals surface area (Å²) in [6, 6.07) is 0. The average molecular weight is 144 g/mol. The monoisotopic (exact) mass is 144 g/mol. The van der Waals surface area contributed by atoms with Gasteiger partial charge in [0, 0.05) is 13.0 Å². The van der Waals surface area contributed by atoms with Crippen LogP contribution >= 0.6 is 0 Å². The highest BCUT2D eigenvalue weighted by Gasteiger charge is 2.64. The van der Waals surface area contributed by atoms with Gasteiger partial charge < -0.3 is 14.6 Å². The molecular weight excluding hydrogens is 136 g/mol. The van der Waals surface area contributed by atoms with E-state index in [1.54, 1.807) is 0 Å². The molecule has 10 heavy (non-hydrogen) atoms. The highest BCUT2D eigenvalue weighted by atomic mass is 16.7. The minimum absolute atomic E-state index is 0.0845. The molecule has 2 aliphatic heterocycles. The van der Waals surface area contributed by atoms with Gasteiger partial charge in [-0.25, -0.2) is 4.79 Å². The fourth-order valence-corrected chi connectivity index (χ4v) is 1.30. The van der Waals surface area contributed by atoms with Gasteiger partial charge in [0.15, 0.2) is 0 Å². The SMILES string of the molecule is O=C(O)[C@@]12COCC[C@H]1O2. The van der Waals surface area contributed by atoms with E-state index in [1.165, 1.54) is 0 Å². The van der Waals surface area contributed by atoms with Gasteiger partial charge >= 0.3 is 5.97 Å². The first-order valence-electron chi connectivity index (χ1n) is 3.25. The van der Waals surface area contributed by atoms with Crippen LogP contribution in [0, 0.1) is 0 Å². The van der Waals surface area contributed by atoms with Crippen molar-refractivity contribution in [2.24, 2.45) is 0 Å². The molecule has 0 unspecified atom stereocenters. The lowest BCUT2D eigenvalue weighted by Gasteiger charge is -2.12. The van der Waals surface area contributed by atoms with E-state index in [0.29, 0.717) is 13.0 Å². The summed E-state index contributed by atoms with van der Waals surface area (Å²) >= 11 is 0. The van der Waals surface area contributed by atoms with Crippen molar-refractivity contribution in [3.05, 3.63) is 0 Å². The molecule has 0 radical (unpaired) electrons. The third-order valence-electron chi connectivity index (χ3n) is 2.02. The standard InChI is InChI=1S/C6H8O4/c7-5(8)6-3-9-2-1-4(6)10-6/h4H,1-3H2,(H,7,8)/t4-,6-/m1/s1. The Hall–Kier alpha value is -0.610. The molecule has 0 aromatic carbocycles. The van der Waals surface area contributed by atoms with Gasteiger partial charge in [0.05, 0.1) is 6.61 Å². The zero-order valence-electron chi connectivity index (χ0n) is 5.37. The topological polar surface area (TPSA) is 59.1 Å². The highest BCUT2D eigenvalue weighted by Crippen LogP contribution is 2.42. The number of rotatable bonds is 1. The number of ether oxygens (including phenoxy) is 2. The van der Waals surface area contributed by atoms with Crippen molar-refractivity contribution in [2.45, 2.75) is 18.1 Å². The lowest BCUT2D eigenvalue weighted by molar-refractivity contribution is -0.146. The zero-order chi connectivity index (χ0) is 7.19. The molecular formula is C6H8O4. The van der Waals surface area contributed by atoms with Gasteiger partial charge in [-0.15, -0.1) is 0 Å². The molecule has 4 nitrogen and oxygen atoms in total. The Labute approximate surface area is 57.7 Å². The number of hydrogen-bond acceptors (Lipinski definition) is 3. The van der Waals surface area contributed by atoms with Gasteiger partial charge in [0.2, 0.25) is 5.60 Å². The summed E-state index contributed by atoms with van der Waals surface area (Å²) in [7, 11) is 0. The molecule has 2 rings (SSSR count). The van der Waals surface area contributed by atoms with Crippen LogP contribution in [0.4, 0.5) is 0 Å². The van der Waals surface area contributed by atoms with Crippen LogP contribution in [0.3, 0.4) is 0 Å². The third-order valence-corrected chi connectivity index (χ3v) is 2.02. The maximum atomic E-state index is 10.5. The zero-order valence-corrected chi connectivity index (χ0v) is 5.37. The first kappa shape index (κ1) is 6.12.